The van der Waals surface area contributed by atoms with Crippen molar-refractivity contribution in [2.75, 3.05) is 63.2 Å². The first kappa shape index (κ1) is 55.4. The minimum Gasteiger partial charge on any atom is -0.394 e. The summed E-state index contributed by atoms with van der Waals surface area (Å²) in [6.07, 6.45) is -7.87. The van der Waals surface area contributed by atoms with Crippen LogP contribution in [0.5, 0.6) is 0 Å². The Morgan fingerprint density at radius 2 is 0.617 bits per heavy atom. The first-order valence-electron chi connectivity index (χ1n) is 17.1. The zero-order chi connectivity index (χ0) is 45.6. The zero-order valence-corrected chi connectivity index (χ0v) is 43.6. The molecule has 2 aromatic carbocycles. The maximum Gasteiger partial charge on any atom is 0.253 e. The van der Waals surface area contributed by atoms with Crippen molar-refractivity contribution in [3.05, 3.63) is 43.7 Å². The second-order valence-corrected chi connectivity index (χ2v) is 19.0. The predicted molar refractivity (Wildman–Crippen MR) is 263 cm³/mol. The van der Waals surface area contributed by atoms with Gasteiger partial charge in [-0.05, 0) is 136 Å². The number of aliphatic hydroxyl groups is 9. The molecule has 334 valence electrons. The van der Waals surface area contributed by atoms with Crippen LogP contribution in [0.4, 0.5) is 11.4 Å². The summed E-state index contributed by atoms with van der Waals surface area (Å²) in [5, 5.41) is 102. The molecule has 0 aliphatic carbocycles. The number of halogens is 6. The number of hydrogen-bond donors (Lipinski definition) is 15. The molecule has 0 bridgehead atoms. The van der Waals surface area contributed by atoms with E-state index in [1.165, 1.54) is 0 Å². The van der Waals surface area contributed by atoms with Crippen molar-refractivity contribution < 1.29 is 74.7 Å². The molecule has 0 fully saturated rings. The van der Waals surface area contributed by atoms with E-state index in [1.807, 2.05) is 0 Å². The number of hydrogen-bond acceptors (Lipinski definition) is 15. The summed E-state index contributed by atoms with van der Waals surface area (Å²) >= 11 is 10.6. The van der Waals surface area contributed by atoms with Crippen molar-refractivity contribution >= 4 is 182 Å². The van der Waals surface area contributed by atoms with Crippen molar-refractivity contribution in [1.29, 1.82) is 0 Å². The van der Waals surface area contributed by atoms with Gasteiger partial charge in [0.05, 0.1) is 118 Å². The molecule has 0 spiro atoms. The van der Waals surface area contributed by atoms with Crippen LogP contribution < -0.4 is 31.9 Å². The zero-order valence-electron chi connectivity index (χ0n) is 30.7. The van der Waals surface area contributed by atoms with Crippen LogP contribution in [0.15, 0.2) is 0 Å². The largest absolute Gasteiger partial charge is 0.394 e. The Morgan fingerprint density at radius 1 is 0.383 bits per heavy atom. The second-order valence-electron chi connectivity index (χ2n) is 12.5. The fraction of sp³-hybridized carbons (Fsp3) is 0.455. The van der Waals surface area contributed by atoms with E-state index in [-0.39, 0.29) is 68.1 Å². The van der Waals surface area contributed by atoms with Crippen LogP contribution in [0.25, 0.3) is 0 Å². The molecule has 0 saturated carbocycles. The highest BCUT2D eigenvalue weighted by Gasteiger charge is 2.31. The van der Waals surface area contributed by atoms with Crippen LogP contribution in [-0.4, -0.2) is 165 Å². The van der Waals surface area contributed by atoms with E-state index in [2.05, 4.69) is 31.9 Å². The topological polar surface area (TPSA) is 357 Å². The van der Waals surface area contributed by atoms with E-state index in [1.54, 1.807) is 136 Å². The van der Waals surface area contributed by atoms with Crippen LogP contribution in [0.1, 0.15) is 54.3 Å². The van der Waals surface area contributed by atoms with E-state index in [4.69, 9.17) is 0 Å². The van der Waals surface area contributed by atoms with Crippen LogP contribution >= 0.6 is 136 Å². The maximum absolute atomic E-state index is 13.7. The van der Waals surface area contributed by atoms with Gasteiger partial charge < -0.3 is 77.9 Å². The lowest BCUT2D eigenvalue weighted by molar-refractivity contribution is -0.119. The van der Waals surface area contributed by atoms with Gasteiger partial charge in [-0.15, -0.1) is 0 Å². The fourth-order valence-electron chi connectivity index (χ4n) is 4.68. The molecule has 0 heterocycles. The average molecular weight is 1520 g/mol. The lowest BCUT2D eigenvalue weighted by Crippen LogP contribution is -2.41. The molecule has 0 radical (unpaired) electrons. The smallest absolute Gasteiger partial charge is 0.253 e. The van der Waals surface area contributed by atoms with Crippen molar-refractivity contribution in [1.82, 2.24) is 21.3 Å². The highest BCUT2D eigenvalue weighted by atomic mass is 127. The number of carbonyl (C=O) groups is 6. The summed E-state index contributed by atoms with van der Waals surface area (Å²) in [6.45, 7) is -4.36. The van der Waals surface area contributed by atoms with E-state index in [0.717, 1.165) is 0 Å². The molecule has 27 heteroatoms. The van der Waals surface area contributed by atoms with Crippen molar-refractivity contribution in [2.45, 2.75) is 43.4 Å². The number of rotatable bonds is 22. The molecule has 4 atom stereocenters. The first-order chi connectivity index (χ1) is 28.1. The predicted octanol–water partition coefficient (Wildman–Crippen LogP) is -1.64. The first-order valence-corrected chi connectivity index (χ1v) is 23.6. The van der Waals surface area contributed by atoms with Gasteiger partial charge in [-0.3, -0.25) is 28.8 Å². The number of amides is 6. The minimum absolute atomic E-state index is 0.0112. The molecule has 0 aliphatic heterocycles. The van der Waals surface area contributed by atoms with Gasteiger partial charge in [0.15, 0.2) is 0 Å². The average Bonchev–Trinajstić information content (AvgIpc) is 3.20. The molecule has 6 amide bonds. The summed E-state index contributed by atoms with van der Waals surface area (Å²) in [6, 6.07) is 0. The lowest BCUT2D eigenvalue weighted by Gasteiger charge is -2.21. The Morgan fingerprint density at radius 3 is 0.850 bits per heavy atom. The summed E-state index contributed by atoms with van der Waals surface area (Å²) in [5.41, 5.74) is -0.372. The Hall–Kier alpha value is -0.720. The maximum atomic E-state index is 13.7. The molecule has 0 aliphatic rings. The highest BCUT2D eigenvalue weighted by molar-refractivity contribution is 14.1. The summed E-state index contributed by atoms with van der Waals surface area (Å²) in [5.74, 6) is -4.71. The van der Waals surface area contributed by atoms with Crippen molar-refractivity contribution in [3.8, 4) is 0 Å². The van der Waals surface area contributed by atoms with Gasteiger partial charge in [-0.1, -0.05) is 0 Å². The molecule has 21 nitrogen and oxygen atoms in total. The molecule has 4 unspecified atom stereocenters. The van der Waals surface area contributed by atoms with Gasteiger partial charge in [-0.2, -0.15) is 0 Å². The monoisotopic (exact) mass is 1520 g/mol. The number of carbonyl (C=O) groups excluding carboxylic acids is 6. The molecule has 15 N–H and O–H groups in total. The van der Waals surface area contributed by atoms with Crippen molar-refractivity contribution in [3.63, 3.8) is 0 Å². The third-order valence-electron chi connectivity index (χ3n) is 7.75. The summed E-state index contributed by atoms with van der Waals surface area (Å²) < 4.78 is 0.877. The molecule has 2 rings (SSSR count). The Kier molecular flexibility index (Phi) is 24.9. The van der Waals surface area contributed by atoms with E-state index in [9.17, 15) is 74.7 Å². The normalized spacial score (nSPS) is 13.7. The molecular weight excluding hydrogens is 1480 g/mol. The lowest BCUT2D eigenvalue weighted by atomic mass is 10.1. The third kappa shape index (κ3) is 15.8. The van der Waals surface area contributed by atoms with Gasteiger partial charge in [-0.25, -0.2) is 0 Å². The van der Waals surface area contributed by atoms with Gasteiger partial charge in [0.1, 0.15) is 0 Å². The van der Waals surface area contributed by atoms with Crippen molar-refractivity contribution in [2.24, 2.45) is 0 Å². The Balaban J connectivity index is 2.44. The third-order valence-corrected chi connectivity index (χ3v) is 14.2. The highest BCUT2D eigenvalue weighted by Crippen LogP contribution is 2.37. The van der Waals surface area contributed by atoms with Gasteiger partial charge in [0.25, 0.3) is 23.6 Å². The molecular formula is C33H40I6N6O15. The molecule has 2 aromatic rings. The quantitative estimate of drug-likeness (QED) is 0.0589. The minimum atomic E-state index is -1.44. The SMILES string of the molecule is O=C(CC(O)CO)Nc1c(I)c(C(=O)NCC(O)CO)c(I)c(C(=O)NCC(O)CNC(=O)c2c(I)c(NC(=O)CC(O)CO)c(I)c(C(=O)NCC(O)CO)c2I)c1I. The number of benzene rings is 2. The standard InChI is InChI=1S/C33H40I6N6O15/c34-22-18(24(36)28(44-16(55)1-11(50)7-46)26(38)20(22)32(59)42-5-14(53)9-48)30(57)40-3-13(52)4-41-31(58)19-23(35)21(33(60)43-6-15(54)10-49)27(39)29(25(19)37)45-17(56)2-12(51)8-47/h11-15,46-54H,1-10H2,(H,40,57)(H,41,58)(H,42,59)(H,43,60)(H,44,55)(H,45,56). The molecule has 0 saturated heterocycles. The van der Waals surface area contributed by atoms with Gasteiger partial charge in [0.2, 0.25) is 11.8 Å². The van der Waals surface area contributed by atoms with Gasteiger partial charge >= 0.3 is 0 Å². The van der Waals surface area contributed by atoms with E-state index in [0.29, 0.717) is 0 Å². The number of aliphatic hydroxyl groups excluding tert-OH is 9. The number of nitrogens with one attached hydrogen (secondary N) is 6. The van der Waals surface area contributed by atoms with Crippen LogP contribution in [-0.2, 0) is 9.59 Å². The van der Waals surface area contributed by atoms with E-state index < -0.39 is 118 Å². The van der Waals surface area contributed by atoms with Crippen LogP contribution in [0.2, 0.25) is 0 Å². The Labute approximate surface area is 423 Å². The number of anilines is 2. The molecule has 0 aromatic heterocycles. The summed E-state index contributed by atoms with van der Waals surface area (Å²) in [7, 11) is 0. The van der Waals surface area contributed by atoms with Crippen LogP contribution in [0, 0.1) is 21.4 Å². The Bertz CT molecular complexity index is 1800. The second kappa shape index (κ2) is 26.9. The van der Waals surface area contributed by atoms with Gasteiger partial charge in [0, 0.05) is 33.3 Å². The van der Waals surface area contributed by atoms with Crippen LogP contribution in [0.3, 0.4) is 0 Å². The molecule has 60 heavy (non-hydrogen) atoms. The fourth-order valence-corrected chi connectivity index (χ4v) is 13.5. The summed E-state index contributed by atoms with van der Waals surface area (Å²) in [4.78, 5) is 79.5. The van der Waals surface area contributed by atoms with E-state index >= 15 is 0 Å².